The number of rotatable bonds is 5. The largest absolute Gasteiger partial charge is 0.491 e. The molecular formula is C17H26N2O2. The number of para-hydroxylation sites is 2. The summed E-state index contributed by atoms with van der Waals surface area (Å²) < 4.78 is 11.6. The van der Waals surface area contributed by atoms with E-state index in [2.05, 4.69) is 35.3 Å². The quantitative estimate of drug-likeness (QED) is 0.902. The molecule has 4 heteroatoms. The number of nitrogens with one attached hydrogen (secondary N) is 1. The highest BCUT2D eigenvalue weighted by molar-refractivity contribution is 5.59. The van der Waals surface area contributed by atoms with E-state index < -0.39 is 0 Å². The molecule has 0 bridgehead atoms. The SMILES string of the molecule is CCCNC1COCC1CN1CCCOc2ccccc21. The van der Waals surface area contributed by atoms with E-state index in [0.29, 0.717) is 12.0 Å². The van der Waals surface area contributed by atoms with Crippen LogP contribution in [0.3, 0.4) is 0 Å². The first-order valence-corrected chi connectivity index (χ1v) is 8.16. The van der Waals surface area contributed by atoms with Crippen LogP contribution in [0, 0.1) is 5.92 Å². The lowest BCUT2D eigenvalue weighted by atomic mass is 10.0. The summed E-state index contributed by atoms with van der Waals surface area (Å²) in [6.07, 6.45) is 2.25. The molecule has 0 amide bonds. The monoisotopic (exact) mass is 290 g/mol. The van der Waals surface area contributed by atoms with E-state index in [1.165, 1.54) is 12.1 Å². The van der Waals surface area contributed by atoms with E-state index in [9.17, 15) is 0 Å². The molecule has 0 aromatic heterocycles. The van der Waals surface area contributed by atoms with E-state index in [4.69, 9.17) is 9.47 Å². The highest BCUT2D eigenvalue weighted by Gasteiger charge is 2.30. The Hall–Kier alpha value is -1.26. The van der Waals surface area contributed by atoms with Crippen molar-refractivity contribution in [2.24, 2.45) is 5.92 Å². The molecule has 116 valence electrons. The minimum atomic E-state index is 0.487. The average Bonchev–Trinajstić information content (AvgIpc) is 2.85. The van der Waals surface area contributed by atoms with Gasteiger partial charge in [-0.05, 0) is 31.5 Å². The van der Waals surface area contributed by atoms with Crippen LogP contribution in [0.25, 0.3) is 0 Å². The topological polar surface area (TPSA) is 33.7 Å². The second-order valence-corrected chi connectivity index (χ2v) is 5.97. The molecule has 1 saturated heterocycles. The Labute approximate surface area is 127 Å². The van der Waals surface area contributed by atoms with E-state index in [-0.39, 0.29) is 0 Å². The van der Waals surface area contributed by atoms with Gasteiger partial charge in [0.1, 0.15) is 5.75 Å². The summed E-state index contributed by atoms with van der Waals surface area (Å²) in [4.78, 5) is 2.47. The lowest BCUT2D eigenvalue weighted by Gasteiger charge is -2.29. The van der Waals surface area contributed by atoms with Crippen molar-refractivity contribution < 1.29 is 9.47 Å². The first-order chi connectivity index (χ1) is 10.4. The number of fused-ring (bicyclic) bond motifs is 1. The van der Waals surface area contributed by atoms with Gasteiger partial charge in [-0.15, -0.1) is 0 Å². The molecule has 4 nitrogen and oxygen atoms in total. The van der Waals surface area contributed by atoms with Crippen LogP contribution in [0.15, 0.2) is 24.3 Å². The fourth-order valence-corrected chi connectivity index (χ4v) is 3.21. The third-order valence-electron chi connectivity index (χ3n) is 4.35. The molecule has 1 N–H and O–H groups in total. The van der Waals surface area contributed by atoms with E-state index in [1.807, 2.05) is 6.07 Å². The molecule has 2 heterocycles. The lowest BCUT2D eigenvalue weighted by molar-refractivity contribution is 0.183. The van der Waals surface area contributed by atoms with Crippen LogP contribution in [0.5, 0.6) is 5.75 Å². The Morgan fingerprint density at radius 1 is 1.29 bits per heavy atom. The van der Waals surface area contributed by atoms with Crippen molar-refractivity contribution >= 4 is 5.69 Å². The zero-order chi connectivity index (χ0) is 14.5. The maximum atomic E-state index is 5.85. The molecule has 1 fully saturated rings. The molecule has 21 heavy (non-hydrogen) atoms. The molecule has 2 aliphatic rings. The number of anilines is 1. The molecule has 0 saturated carbocycles. The summed E-state index contributed by atoms with van der Waals surface area (Å²) in [5.41, 5.74) is 1.23. The predicted molar refractivity (Wildman–Crippen MR) is 85.2 cm³/mol. The van der Waals surface area contributed by atoms with Crippen LogP contribution >= 0.6 is 0 Å². The first-order valence-electron chi connectivity index (χ1n) is 8.16. The standard InChI is InChI=1S/C17H26N2O2/c1-2-8-18-15-13-20-12-14(15)11-19-9-5-10-21-17-7-4-3-6-16(17)19/h3-4,6-7,14-15,18H,2,5,8-13H2,1H3. The number of nitrogens with zero attached hydrogens (tertiary/aromatic N) is 1. The number of ether oxygens (including phenoxy) is 2. The van der Waals surface area contributed by atoms with Crippen LogP contribution in [0.1, 0.15) is 19.8 Å². The van der Waals surface area contributed by atoms with Crippen LogP contribution in [0.4, 0.5) is 5.69 Å². The van der Waals surface area contributed by atoms with Crippen molar-refractivity contribution in [2.75, 3.05) is 44.4 Å². The van der Waals surface area contributed by atoms with Gasteiger partial charge >= 0.3 is 0 Å². The molecule has 2 unspecified atom stereocenters. The van der Waals surface area contributed by atoms with Crippen molar-refractivity contribution in [1.29, 1.82) is 0 Å². The van der Waals surface area contributed by atoms with Crippen molar-refractivity contribution in [3.8, 4) is 5.75 Å². The normalized spacial score (nSPS) is 25.3. The summed E-state index contributed by atoms with van der Waals surface area (Å²) in [6, 6.07) is 8.88. The van der Waals surface area contributed by atoms with Crippen molar-refractivity contribution in [3.63, 3.8) is 0 Å². The van der Waals surface area contributed by atoms with Crippen molar-refractivity contribution in [3.05, 3.63) is 24.3 Å². The second-order valence-electron chi connectivity index (χ2n) is 5.97. The van der Waals surface area contributed by atoms with Gasteiger partial charge in [0.25, 0.3) is 0 Å². The summed E-state index contributed by atoms with van der Waals surface area (Å²) in [7, 11) is 0. The fraction of sp³-hybridized carbons (Fsp3) is 0.647. The second kappa shape index (κ2) is 7.14. The van der Waals surface area contributed by atoms with Crippen LogP contribution in [-0.2, 0) is 4.74 Å². The maximum absolute atomic E-state index is 5.85. The number of hydrogen-bond acceptors (Lipinski definition) is 4. The Kier molecular flexibility index (Phi) is 4.99. The van der Waals surface area contributed by atoms with Gasteiger partial charge in [0.15, 0.2) is 0 Å². The third kappa shape index (κ3) is 3.50. The van der Waals surface area contributed by atoms with Crippen LogP contribution < -0.4 is 15.0 Å². The van der Waals surface area contributed by atoms with Crippen molar-refractivity contribution in [1.82, 2.24) is 5.32 Å². The molecule has 1 aromatic rings. The van der Waals surface area contributed by atoms with Gasteiger partial charge in [0, 0.05) is 25.0 Å². The van der Waals surface area contributed by atoms with Gasteiger partial charge in [0.2, 0.25) is 0 Å². The van der Waals surface area contributed by atoms with E-state index in [1.54, 1.807) is 0 Å². The zero-order valence-electron chi connectivity index (χ0n) is 12.9. The van der Waals surface area contributed by atoms with Gasteiger partial charge < -0.3 is 19.7 Å². The van der Waals surface area contributed by atoms with Gasteiger partial charge in [-0.3, -0.25) is 0 Å². The molecule has 0 radical (unpaired) electrons. The van der Waals surface area contributed by atoms with E-state index >= 15 is 0 Å². The van der Waals surface area contributed by atoms with Crippen LogP contribution in [0.2, 0.25) is 0 Å². The Bertz CT molecular complexity index is 452. The minimum absolute atomic E-state index is 0.487. The number of hydrogen-bond donors (Lipinski definition) is 1. The van der Waals surface area contributed by atoms with Gasteiger partial charge in [-0.2, -0.15) is 0 Å². The summed E-state index contributed by atoms with van der Waals surface area (Å²) in [5, 5.41) is 3.63. The predicted octanol–water partition coefficient (Wildman–Crippen LogP) is 2.29. The minimum Gasteiger partial charge on any atom is -0.491 e. The molecule has 3 rings (SSSR count). The van der Waals surface area contributed by atoms with Crippen LogP contribution in [-0.4, -0.2) is 45.5 Å². The lowest BCUT2D eigenvalue weighted by Crippen LogP contribution is -2.42. The first kappa shape index (κ1) is 14.7. The molecule has 1 aromatic carbocycles. The summed E-state index contributed by atoms with van der Waals surface area (Å²) in [6.45, 7) is 7.91. The highest BCUT2D eigenvalue weighted by Crippen LogP contribution is 2.31. The summed E-state index contributed by atoms with van der Waals surface area (Å²) >= 11 is 0. The van der Waals surface area contributed by atoms with Gasteiger partial charge in [-0.25, -0.2) is 0 Å². The fourth-order valence-electron chi connectivity index (χ4n) is 3.21. The molecule has 0 spiro atoms. The van der Waals surface area contributed by atoms with E-state index in [0.717, 1.165) is 51.6 Å². The third-order valence-corrected chi connectivity index (χ3v) is 4.35. The van der Waals surface area contributed by atoms with Crippen molar-refractivity contribution in [2.45, 2.75) is 25.8 Å². The zero-order valence-corrected chi connectivity index (χ0v) is 12.9. The number of benzene rings is 1. The molecular weight excluding hydrogens is 264 g/mol. The average molecular weight is 290 g/mol. The Morgan fingerprint density at radius 2 is 2.19 bits per heavy atom. The Morgan fingerprint density at radius 3 is 3.10 bits per heavy atom. The molecule has 0 aliphatic carbocycles. The van der Waals surface area contributed by atoms with Gasteiger partial charge in [0.05, 0.1) is 25.5 Å². The van der Waals surface area contributed by atoms with Gasteiger partial charge in [-0.1, -0.05) is 19.1 Å². The highest BCUT2D eigenvalue weighted by atomic mass is 16.5. The molecule has 2 atom stereocenters. The maximum Gasteiger partial charge on any atom is 0.142 e. The smallest absolute Gasteiger partial charge is 0.142 e. The molecule has 2 aliphatic heterocycles. The summed E-state index contributed by atoms with van der Waals surface area (Å²) in [5.74, 6) is 1.58. The Balaban J connectivity index is 1.69.